The summed E-state index contributed by atoms with van der Waals surface area (Å²) in [4.78, 5) is 4.74. The molecule has 0 aliphatic carbocycles. The summed E-state index contributed by atoms with van der Waals surface area (Å²) in [6, 6.07) is 47.6. The fourth-order valence-corrected chi connectivity index (χ4v) is 6.78. The molecule has 8 aromatic rings. The number of allylic oxidation sites excluding steroid dienone is 1. The average molecular weight is 578 g/mol. The van der Waals surface area contributed by atoms with Crippen molar-refractivity contribution >= 4 is 44.2 Å². The Hall–Kier alpha value is -5.93. The molecule has 3 nitrogen and oxygen atoms in total. The molecule has 0 radical (unpaired) electrons. The highest BCUT2D eigenvalue weighted by molar-refractivity contribution is 6.22. The maximum Gasteiger partial charge on any atom is 0.0695 e. The van der Waals surface area contributed by atoms with Gasteiger partial charge in [-0.1, -0.05) is 121 Å². The molecule has 0 amide bonds. The van der Waals surface area contributed by atoms with E-state index in [-0.39, 0.29) is 0 Å². The fraction of sp³-hybridized carbons (Fsp3) is 0.0238. The number of benzene rings is 6. The highest BCUT2D eigenvalue weighted by Crippen LogP contribution is 2.45. The van der Waals surface area contributed by atoms with Gasteiger partial charge in [0.05, 0.1) is 28.8 Å². The molecule has 2 N–H and O–H groups in total. The Morgan fingerprint density at radius 2 is 1.11 bits per heavy atom. The minimum atomic E-state index is 0.771. The van der Waals surface area contributed by atoms with Crippen molar-refractivity contribution in [2.45, 2.75) is 6.92 Å². The fourth-order valence-electron chi connectivity index (χ4n) is 6.78. The zero-order valence-electron chi connectivity index (χ0n) is 25.0. The minimum Gasteiger partial charge on any atom is -0.396 e. The zero-order valence-corrected chi connectivity index (χ0v) is 25.0. The highest BCUT2D eigenvalue weighted by Gasteiger charge is 2.18. The van der Waals surface area contributed by atoms with Crippen LogP contribution in [0.25, 0.3) is 77.6 Å². The molecule has 0 spiro atoms. The van der Waals surface area contributed by atoms with Crippen LogP contribution in [0.2, 0.25) is 0 Å². The molecule has 0 aliphatic heterocycles. The number of nitrogens with two attached hydrogens (primary N) is 1. The number of para-hydroxylation sites is 1. The van der Waals surface area contributed by atoms with Gasteiger partial charge >= 0.3 is 0 Å². The Morgan fingerprint density at radius 3 is 1.78 bits per heavy atom. The molecular formula is C42H31N3. The Labute approximate surface area is 262 Å². The van der Waals surface area contributed by atoms with Crippen molar-refractivity contribution in [3.8, 4) is 39.1 Å². The van der Waals surface area contributed by atoms with Gasteiger partial charge in [0.2, 0.25) is 0 Å². The number of rotatable bonds is 5. The van der Waals surface area contributed by atoms with Crippen molar-refractivity contribution in [2.24, 2.45) is 0 Å². The Balaban J connectivity index is 1.41. The molecule has 0 aliphatic rings. The molecule has 2 aromatic heterocycles. The molecule has 0 saturated carbocycles. The summed E-state index contributed by atoms with van der Waals surface area (Å²) < 4.78 is 2.21. The number of fused-ring (bicyclic) bond motifs is 3. The van der Waals surface area contributed by atoms with Crippen molar-refractivity contribution < 1.29 is 0 Å². The van der Waals surface area contributed by atoms with Gasteiger partial charge in [-0.25, -0.2) is 0 Å². The lowest BCUT2D eigenvalue weighted by atomic mass is 9.85. The lowest BCUT2D eigenvalue weighted by Gasteiger charge is -2.19. The van der Waals surface area contributed by atoms with Gasteiger partial charge in [-0.15, -0.1) is 0 Å². The standard InChI is InChI=1S/C42H31N3/c1-2-13-39-42(43)36-20-11-12-21-38(36)45(39)32-24-31(26-44-27-32)30-22-23-35-37(25-30)41(29-16-7-4-8-17-29)34-19-10-9-18-33(34)40(35)28-14-5-3-6-15-28/h2-27H,43H2,1H3/b13-2-. The number of aromatic nitrogens is 2. The molecule has 0 atom stereocenters. The lowest BCUT2D eigenvalue weighted by Crippen LogP contribution is -1.99. The van der Waals surface area contributed by atoms with Crippen LogP contribution in [0.3, 0.4) is 0 Å². The van der Waals surface area contributed by atoms with Crippen LogP contribution in [0.15, 0.2) is 152 Å². The third-order valence-electron chi connectivity index (χ3n) is 8.74. The van der Waals surface area contributed by atoms with Crippen LogP contribution >= 0.6 is 0 Å². The third-order valence-corrected chi connectivity index (χ3v) is 8.74. The van der Waals surface area contributed by atoms with Crippen LogP contribution in [0, 0.1) is 0 Å². The summed E-state index contributed by atoms with van der Waals surface area (Å²) in [6.07, 6.45) is 7.97. The van der Waals surface area contributed by atoms with Gasteiger partial charge in [-0.3, -0.25) is 4.98 Å². The van der Waals surface area contributed by atoms with Crippen LogP contribution in [0.1, 0.15) is 12.6 Å². The Morgan fingerprint density at radius 1 is 0.533 bits per heavy atom. The summed E-state index contributed by atoms with van der Waals surface area (Å²) in [7, 11) is 0. The maximum atomic E-state index is 6.66. The van der Waals surface area contributed by atoms with Crippen molar-refractivity contribution in [1.82, 2.24) is 9.55 Å². The lowest BCUT2D eigenvalue weighted by molar-refractivity contribution is 1.08. The molecule has 214 valence electrons. The van der Waals surface area contributed by atoms with E-state index in [0.29, 0.717) is 0 Å². The molecule has 0 fully saturated rings. The number of anilines is 1. The number of pyridine rings is 1. The quantitative estimate of drug-likeness (QED) is 0.207. The van der Waals surface area contributed by atoms with Crippen LogP contribution < -0.4 is 5.73 Å². The first kappa shape index (κ1) is 26.7. The van der Waals surface area contributed by atoms with E-state index < -0.39 is 0 Å². The van der Waals surface area contributed by atoms with Crippen molar-refractivity contribution in [2.75, 3.05) is 5.73 Å². The Bertz CT molecular complexity index is 2380. The average Bonchev–Trinajstić information content (AvgIpc) is 3.38. The molecule has 3 heteroatoms. The topological polar surface area (TPSA) is 43.8 Å². The van der Waals surface area contributed by atoms with Gasteiger partial charge in [0, 0.05) is 17.1 Å². The summed E-state index contributed by atoms with van der Waals surface area (Å²) in [6.45, 7) is 2.02. The van der Waals surface area contributed by atoms with E-state index >= 15 is 0 Å². The second-order valence-corrected chi connectivity index (χ2v) is 11.4. The highest BCUT2D eigenvalue weighted by atomic mass is 15.0. The number of hydrogen-bond acceptors (Lipinski definition) is 2. The zero-order chi connectivity index (χ0) is 30.3. The number of hydrogen-bond donors (Lipinski definition) is 1. The van der Waals surface area contributed by atoms with E-state index in [4.69, 9.17) is 10.7 Å². The van der Waals surface area contributed by atoms with E-state index in [0.717, 1.165) is 39.1 Å². The SMILES string of the molecule is C/C=C\c1c(N)c2ccccc2n1-c1cncc(-c2ccc3c(-c4ccccc4)c4ccccc4c(-c4ccccc4)c3c2)c1. The summed E-state index contributed by atoms with van der Waals surface area (Å²) >= 11 is 0. The van der Waals surface area contributed by atoms with Gasteiger partial charge < -0.3 is 10.3 Å². The predicted molar refractivity (Wildman–Crippen MR) is 192 cm³/mol. The molecule has 6 aromatic carbocycles. The van der Waals surface area contributed by atoms with Gasteiger partial charge in [0.1, 0.15) is 0 Å². The van der Waals surface area contributed by atoms with Gasteiger partial charge in [0.15, 0.2) is 0 Å². The normalized spacial score (nSPS) is 11.7. The number of nitrogens with zero attached hydrogens (tertiary/aromatic N) is 2. The minimum absolute atomic E-state index is 0.771. The summed E-state index contributed by atoms with van der Waals surface area (Å²) in [5, 5.41) is 5.97. The van der Waals surface area contributed by atoms with Crippen LogP contribution in [0.4, 0.5) is 5.69 Å². The van der Waals surface area contributed by atoms with E-state index in [1.807, 2.05) is 31.5 Å². The van der Waals surface area contributed by atoms with Crippen LogP contribution in [0.5, 0.6) is 0 Å². The Kier molecular flexibility index (Phi) is 6.50. The van der Waals surface area contributed by atoms with E-state index in [1.165, 1.54) is 43.8 Å². The van der Waals surface area contributed by atoms with E-state index in [9.17, 15) is 0 Å². The van der Waals surface area contributed by atoms with Crippen molar-refractivity contribution in [3.63, 3.8) is 0 Å². The first-order chi connectivity index (χ1) is 22.2. The molecule has 8 rings (SSSR count). The second-order valence-electron chi connectivity index (χ2n) is 11.4. The maximum absolute atomic E-state index is 6.66. The monoisotopic (exact) mass is 577 g/mol. The smallest absolute Gasteiger partial charge is 0.0695 e. The van der Waals surface area contributed by atoms with Crippen LogP contribution in [-0.4, -0.2) is 9.55 Å². The molecule has 45 heavy (non-hydrogen) atoms. The molecule has 0 bridgehead atoms. The van der Waals surface area contributed by atoms with Crippen LogP contribution in [-0.2, 0) is 0 Å². The van der Waals surface area contributed by atoms with Crippen molar-refractivity contribution in [1.29, 1.82) is 0 Å². The third kappa shape index (κ3) is 4.40. The number of nitrogen functional groups attached to an aromatic ring is 1. The largest absolute Gasteiger partial charge is 0.396 e. The molecule has 0 unspecified atom stereocenters. The van der Waals surface area contributed by atoms with Gasteiger partial charge in [-0.05, 0) is 80.6 Å². The van der Waals surface area contributed by atoms with E-state index in [1.54, 1.807) is 0 Å². The molecule has 0 saturated heterocycles. The molecular weight excluding hydrogens is 546 g/mol. The summed E-state index contributed by atoms with van der Waals surface area (Å²) in [5.41, 5.74) is 17.5. The van der Waals surface area contributed by atoms with E-state index in [2.05, 4.69) is 138 Å². The second kappa shape index (κ2) is 11.0. The van der Waals surface area contributed by atoms with Gasteiger partial charge in [-0.2, -0.15) is 0 Å². The molecule has 2 heterocycles. The first-order valence-corrected chi connectivity index (χ1v) is 15.3. The van der Waals surface area contributed by atoms with Crippen molar-refractivity contribution in [3.05, 3.63) is 158 Å². The summed E-state index contributed by atoms with van der Waals surface area (Å²) in [5.74, 6) is 0. The first-order valence-electron chi connectivity index (χ1n) is 15.3. The van der Waals surface area contributed by atoms with Gasteiger partial charge in [0.25, 0.3) is 0 Å². The predicted octanol–water partition coefficient (Wildman–Crippen LogP) is 10.9.